The van der Waals surface area contributed by atoms with Crippen LogP contribution < -0.4 is 10.6 Å². The molecular formula is C14H18N4O3. The van der Waals surface area contributed by atoms with Gasteiger partial charge in [-0.25, -0.2) is 9.78 Å². The summed E-state index contributed by atoms with van der Waals surface area (Å²) in [5.41, 5.74) is 1.99. The van der Waals surface area contributed by atoms with E-state index in [-0.39, 0.29) is 11.9 Å². The van der Waals surface area contributed by atoms with Crippen molar-refractivity contribution in [3.63, 3.8) is 0 Å². The van der Waals surface area contributed by atoms with Crippen LogP contribution >= 0.6 is 0 Å². The molecule has 0 aliphatic rings. The molecule has 2 aromatic rings. The Bertz CT molecular complexity index is 651. The monoisotopic (exact) mass is 290 g/mol. The molecule has 1 heterocycles. The van der Waals surface area contributed by atoms with E-state index in [9.17, 15) is 9.59 Å². The van der Waals surface area contributed by atoms with Crippen molar-refractivity contribution in [2.75, 3.05) is 25.0 Å². The second-order valence-electron chi connectivity index (χ2n) is 4.45. The van der Waals surface area contributed by atoms with E-state index in [4.69, 9.17) is 4.74 Å². The number of carbonyl (C=O) groups is 2. The van der Waals surface area contributed by atoms with Gasteiger partial charge in [-0.05, 0) is 25.1 Å². The third-order valence-electron chi connectivity index (χ3n) is 2.78. The highest BCUT2D eigenvalue weighted by Crippen LogP contribution is 2.16. The number of hydrogen-bond acceptors (Lipinski definition) is 5. The normalized spacial score (nSPS) is 10.4. The Morgan fingerprint density at radius 2 is 2.14 bits per heavy atom. The molecule has 0 fully saturated rings. The lowest BCUT2D eigenvalue weighted by atomic mass is 10.2. The summed E-state index contributed by atoms with van der Waals surface area (Å²) in [7, 11) is 0. The van der Waals surface area contributed by atoms with Crippen LogP contribution in [-0.4, -0.2) is 41.5 Å². The van der Waals surface area contributed by atoms with Crippen molar-refractivity contribution in [3.8, 4) is 0 Å². The van der Waals surface area contributed by atoms with Crippen LogP contribution in [0, 0.1) is 0 Å². The van der Waals surface area contributed by atoms with E-state index in [0.717, 1.165) is 11.0 Å². The maximum atomic E-state index is 11.7. The molecule has 0 aliphatic carbocycles. The SMILES string of the molecule is CCOC(=O)c1ccc2nc(NCCNC(C)=O)[nH]c2c1. The number of benzene rings is 1. The molecule has 0 unspecified atom stereocenters. The van der Waals surface area contributed by atoms with Crippen molar-refractivity contribution in [3.05, 3.63) is 23.8 Å². The molecular weight excluding hydrogens is 272 g/mol. The molecule has 1 aromatic heterocycles. The first-order valence-electron chi connectivity index (χ1n) is 6.75. The zero-order valence-electron chi connectivity index (χ0n) is 12.0. The lowest BCUT2D eigenvalue weighted by Gasteiger charge is -2.02. The van der Waals surface area contributed by atoms with Gasteiger partial charge >= 0.3 is 5.97 Å². The van der Waals surface area contributed by atoms with Gasteiger partial charge in [-0.1, -0.05) is 0 Å². The summed E-state index contributed by atoms with van der Waals surface area (Å²) in [6, 6.07) is 5.15. The summed E-state index contributed by atoms with van der Waals surface area (Å²) in [5, 5.41) is 5.75. The fourth-order valence-corrected chi connectivity index (χ4v) is 1.85. The van der Waals surface area contributed by atoms with Crippen LogP contribution in [0.1, 0.15) is 24.2 Å². The Morgan fingerprint density at radius 1 is 1.33 bits per heavy atom. The number of anilines is 1. The lowest BCUT2D eigenvalue weighted by Crippen LogP contribution is -2.26. The van der Waals surface area contributed by atoms with E-state index in [2.05, 4.69) is 20.6 Å². The van der Waals surface area contributed by atoms with Crippen LogP contribution in [0.5, 0.6) is 0 Å². The number of aromatic amines is 1. The number of esters is 1. The molecule has 0 saturated carbocycles. The van der Waals surface area contributed by atoms with Gasteiger partial charge in [-0.15, -0.1) is 0 Å². The summed E-state index contributed by atoms with van der Waals surface area (Å²) < 4.78 is 4.96. The van der Waals surface area contributed by atoms with E-state index in [1.807, 2.05) is 0 Å². The number of rotatable bonds is 6. The van der Waals surface area contributed by atoms with Gasteiger partial charge in [0.15, 0.2) is 0 Å². The minimum atomic E-state index is -0.353. The Balaban J connectivity index is 2.04. The largest absolute Gasteiger partial charge is 0.462 e. The van der Waals surface area contributed by atoms with Gasteiger partial charge in [0, 0.05) is 20.0 Å². The number of nitrogens with zero attached hydrogens (tertiary/aromatic N) is 1. The van der Waals surface area contributed by atoms with E-state index in [1.165, 1.54) is 6.92 Å². The number of ether oxygens (including phenoxy) is 1. The number of nitrogens with one attached hydrogen (secondary N) is 3. The molecule has 3 N–H and O–H groups in total. The quantitative estimate of drug-likeness (QED) is 0.550. The smallest absolute Gasteiger partial charge is 0.338 e. The fourth-order valence-electron chi connectivity index (χ4n) is 1.85. The first-order valence-corrected chi connectivity index (χ1v) is 6.75. The number of amides is 1. The summed E-state index contributed by atoms with van der Waals surface area (Å²) in [6.07, 6.45) is 0. The average Bonchev–Trinajstić information content (AvgIpc) is 2.85. The molecule has 1 amide bonds. The van der Waals surface area contributed by atoms with Crippen LogP contribution in [0.2, 0.25) is 0 Å². The minimum absolute atomic E-state index is 0.0690. The maximum Gasteiger partial charge on any atom is 0.338 e. The van der Waals surface area contributed by atoms with Crippen molar-refractivity contribution in [1.29, 1.82) is 0 Å². The molecule has 112 valence electrons. The Kier molecular flexibility index (Phi) is 4.76. The van der Waals surface area contributed by atoms with E-state index in [1.54, 1.807) is 25.1 Å². The molecule has 0 atom stereocenters. The van der Waals surface area contributed by atoms with Gasteiger partial charge in [0.05, 0.1) is 23.2 Å². The van der Waals surface area contributed by atoms with Crippen LogP contribution in [0.15, 0.2) is 18.2 Å². The van der Waals surface area contributed by atoms with Crippen molar-refractivity contribution in [1.82, 2.24) is 15.3 Å². The minimum Gasteiger partial charge on any atom is -0.462 e. The second-order valence-corrected chi connectivity index (χ2v) is 4.45. The van der Waals surface area contributed by atoms with E-state index >= 15 is 0 Å². The summed E-state index contributed by atoms with van der Waals surface area (Å²) in [4.78, 5) is 29.8. The lowest BCUT2D eigenvalue weighted by molar-refractivity contribution is -0.118. The van der Waals surface area contributed by atoms with Crippen LogP contribution in [-0.2, 0) is 9.53 Å². The molecule has 0 saturated heterocycles. The van der Waals surface area contributed by atoms with Gasteiger partial charge in [0.1, 0.15) is 0 Å². The topological polar surface area (TPSA) is 96.1 Å². The molecule has 0 bridgehead atoms. The van der Waals surface area contributed by atoms with Gasteiger partial charge in [0.2, 0.25) is 11.9 Å². The molecule has 2 rings (SSSR count). The molecule has 21 heavy (non-hydrogen) atoms. The number of hydrogen-bond donors (Lipinski definition) is 3. The van der Waals surface area contributed by atoms with Crippen molar-refractivity contribution >= 4 is 28.9 Å². The third-order valence-corrected chi connectivity index (χ3v) is 2.78. The van der Waals surface area contributed by atoms with E-state index < -0.39 is 0 Å². The predicted molar refractivity (Wildman–Crippen MR) is 79.2 cm³/mol. The number of carbonyl (C=O) groups excluding carboxylic acids is 2. The molecule has 0 aliphatic heterocycles. The van der Waals surface area contributed by atoms with Gasteiger partial charge in [-0.2, -0.15) is 0 Å². The van der Waals surface area contributed by atoms with Crippen molar-refractivity contribution in [2.45, 2.75) is 13.8 Å². The van der Waals surface area contributed by atoms with Gasteiger partial charge in [0.25, 0.3) is 0 Å². The van der Waals surface area contributed by atoms with Gasteiger partial charge in [-0.3, -0.25) is 4.79 Å². The number of imidazole rings is 1. The zero-order chi connectivity index (χ0) is 15.2. The number of fused-ring (bicyclic) bond motifs is 1. The van der Waals surface area contributed by atoms with Crippen LogP contribution in [0.3, 0.4) is 0 Å². The van der Waals surface area contributed by atoms with Crippen molar-refractivity contribution in [2.24, 2.45) is 0 Å². The molecule has 1 aromatic carbocycles. The Morgan fingerprint density at radius 3 is 2.86 bits per heavy atom. The summed E-state index contributed by atoms with van der Waals surface area (Å²) in [6.45, 7) is 4.65. The standard InChI is InChI=1S/C14H18N4O3/c1-3-21-13(20)10-4-5-11-12(8-10)18-14(17-11)16-7-6-15-9(2)19/h4-5,8H,3,6-7H2,1-2H3,(H,15,19)(H2,16,17,18). The maximum absolute atomic E-state index is 11.7. The highest BCUT2D eigenvalue weighted by Gasteiger charge is 2.09. The highest BCUT2D eigenvalue weighted by atomic mass is 16.5. The van der Waals surface area contributed by atoms with Crippen LogP contribution in [0.4, 0.5) is 5.95 Å². The first-order chi connectivity index (χ1) is 10.1. The molecule has 7 heteroatoms. The predicted octanol–water partition coefficient (Wildman–Crippen LogP) is 1.29. The van der Waals surface area contributed by atoms with Crippen molar-refractivity contribution < 1.29 is 14.3 Å². The average molecular weight is 290 g/mol. The van der Waals surface area contributed by atoms with Crippen LogP contribution in [0.25, 0.3) is 11.0 Å². The number of H-pyrrole nitrogens is 1. The fraction of sp³-hybridized carbons (Fsp3) is 0.357. The Labute approximate surface area is 122 Å². The summed E-state index contributed by atoms with van der Waals surface area (Å²) in [5.74, 6) is 0.172. The highest BCUT2D eigenvalue weighted by molar-refractivity contribution is 5.94. The molecule has 0 radical (unpaired) electrons. The first kappa shape index (κ1) is 14.8. The third kappa shape index (κ3) is 3.95. The second kappa shape index (κ2) is 6.74. The number of aromatic nitrogens is 2. The summed E-state index contributed by atoms with van der Waals surface area (Å²) >= 11 is 0. The van der Waals surface area contributed by atoms with E-state index in [0.29, 0.717) is 31.2 Å². The molecule has 7 nitrogen and oxygen atoms in total. The zero-order valence-corrected chi connectivity index (χ0v) is 12.0. The van der Waals surface area contributed by atoms with Gasteiger partial charge < -0.3 is 20.4 Å². The molecule has 0 spiro atoms. The Hall–Kier alpha value is -2.57.